The van der Waals surface area contributed by atoms with Crippen molar-refractivity contribution in [1.29, 1.82) is 5.26 Å². The number of nitrogens with zero attached hydrogens (tertiary/aromatic N) is 2. The molecule has 0 saturated carbocycles. The molecule has 0 spiro atoms. The van der Waals surface area contributed by atoms with E-state index in [0.29, 0.717) is 6.42 Å². The highest BCUT2D eigenvalue weighted by Gasteiger charge is 2.13. The van der Waals surface area contributed by atoms with Gasteiger partial charge in [-0.3, -0.25) is 4.90 Å². The number of hydrogen-bond acceptors (Lipinski definition) is 2. The van der Waals surface area contributed by atoms with Crippen molar-refractivity contribution < 1.29 is 0 Å². The molecular weight excluding hydrogens is 196 g/mol. The number of benzene rings is 1. The van der Waals surface area contributed by atoms with Crippen LogP contribution in [0.15, 0.2) is 43.0 Å². The molecule has 0 saturated heterocycles. The van der Waals surface area contributed by atoms with Crippen molar-refractivity contribution in [3.63, 3.8) is 0 Å². The van der Waals surface area contributed by atoms with Crippen LogP contribution in [0.5, 0.6) is 0 Å². The van der Waals surface area contributed by atoms with Crippen molar-refractivity contribution in [3.8, 4) is 6.07 Å². The molecule has 0 radical (unpaired) electrons. The Labute approximate surface area is 97.8 Å². The van der Waals surface area contributed by atoms with Gasteiger partial charge in [0.05, 0.1) is 12.5 Å². The fourth-order valence-corrected chi connectivity index (χ4v) is 1.74. The van der Waals surface area contributed by atoms with E-state index < -0.39 is 0 Å². The minimum atomic E-state index is 0.148. The summed E-state index contributed by atoms with van der Waals surface area (Å²) in [6.07, 6.45) is 2.36. The Kier molecular flexibility index (Phi) is 5.31. The molecule has 1 aromatic carbocycles. The standard InChI is InChI=1S/C14H18N2/c1-3-14(10-11-15)16(4-2)12-13-8-6-5-7-9-13/h3,5-9,14H,1,4,10,12H2,2H3. The lowest BCUT2D eigenvalue weighted by Gasteiger charge is -2.26. The Morgan fingerprint density at radius 3 is 2.62 bits per heavy atom. The lowest BCUT2D eigenvalue weighted by Crippen LogP contribution is -2.32. The maximum atomic E-state index is 8.75. The molecule has 0 fully saturated rings. The summed E-state index contributed by atoms with van der Waals surface area (Å²) < 4.78 is 0. The van der Waals surface area contributed by atoms with Crippen LogP contribution in [-0.4, -0.2) is 17.5 Å². The molecule has 0 bridgehead atoms. The first kappa shape index (κ1) is 12.5. The van der Waals surface area contributed by atoms with Gasteiger partial charge in [-0.25, -0.2) is 0 Å². The van der Waals surface area contributed by atoms with Gasteiger partial charge in [-0.05, 0) is 12.1 Å². The van der Waals surface area contributed by atoms with Crippen LogP contribution in [0.1, 0.15) is 18.9 Å². The molecule has 1 atom stereocenters. The molecule has 0 aliphatic carbocycles. The van der Waals surface area contributed by atoms with E-state index in [2.05, 4.69) is 36.6 Å². The van der Waals surface area contributed by atoms with E-state index in [4.69, 9.17) is 5.26 Å². The van der Waals surface area contributed by atoms with Crippen molar-refractivity contribution in [2.24, 2.45) is 0 Å². The SMILES string of the molecule is C=CC(CC#N)N(CC)Cc1ccccc1. The zero-order chi connectivity index (χ0) is 11.8. The van der Waals surface area contributed by atoms with E-state index in [0.717, 1.165) is 13.1 Å². The molecule has 2 nitrogen and oxygen atoms in total. The summed E-state index contributed by atoms with van der Waals surface area (Å²) in [5.74, 6) is 0. The molecule has 0 N–H and O–H groups in total. The zero-order valence-corrected chi connectivity index (χ0v) is 9.76. The maximum Gasteiger partial charge on any atom is 0.0641 e. The average molecular weight is 214 g/mol. The van der Waals surface area contributed by atoms with Crippen molar-refractivity contribution >= 4 is 0 Å². The Balaban J connectivity index is 2.68. The van der Waals surface area contributed by atoms with Crippen molar-refractivity contribution in [2.45, 2.75) is 25.9 Å². The zero-order valence-electron chi connectivity index (χ0n) is 9.76. The molecule has 1 aromatic rings. The minimum Gasteiger partial charge on any atom is -0.292 e. The van der Waals surface area contributed by atoms with Gasteiger partial charge in [-0.15, -0.1) is 6.58 Å². The second-order valence-electron chi connectivity index (χ2n) is 3.71. The molecule has 0 aromatic heterocycles. The summed E-state index contributed by atoms with van der Waals surface area (Å²) in [4.78, 5) is 2.26. The van der Waals surface area contributed by atoms with Gasteiger partial charge in [0.1, 0.15) is 0 Å². The van der Waals surface area contributed by atoms with Gasteiger partial charge in [0.2, 0.25) is 0 Å². The largest absolute Gasteiger partial charge is 0.292 e. The average Bonchev–Trinajstić information content (AvgIpc) is 2.35. The summed E-state index contributed by atoms with van der Waals surface area (Å²) in [5, 5.41) is 8.75. The Bertz CT molecular complexity index is 351. The van der Waals surface area contributed by atoms with Crippen molar-refractivity contribution in [2.75, 3.05) is 6.54 Å². The minimum absolute atomic E-state index is 0.148. The summed E-state index contributed by atoms with van der Waals surface area (Å²) in [6, 6.07) is 12.7. The molecule has 0 aliphatic heterocycles. The van der Waals surface area contributed by atoms with Crippen molar-refractivity contribution in [1.82, 2.24) is 4.90 Å². The Morgan fingerprint density at radius 1 is 1.44 bits per heavy atom. The van der Waals surface area contributed by atoms with E-state index in [9.17, 15) is 0 Å². The van der Waals surface area contributed by atoms with Crippen LogP contribution in [0.3, 0.4) is 0 Å². The van der Waals surface area contributed by atoms with Crippen LogP contribution in [0.2, 0.25) is 0 Å². The monoisotopic (exact) mass is 214 g/mol. The Morgan fingerprint density at radius 2 is 2.12 bits per heavy atom. The predicted octanol–water partition coefficient (Wildman–Crippen LogP) is 2.98. The maximum absolute atomic E-state index is 8.75. The first-order valence-corrected chi connectivity index (χ1v) is 5.59. The van der Waals surface area contributed by atoms with E-state index in [-0.39, 0.29) is 6.04 Å². The van der Waals surface area contributed by atoms with Gasteiger partial charge in [-0.1, -0.05) is 43.3 Å². The van der Waals surface area contributed by atoms with E-state index in [1.54, 1.807) is 0 Å². The van der Waals surface area contributed by atoms with E-state index in [1.807, 2.05) is 24.3 Å². The summed E-state index contributed by atoms with van der Waals surface area (Å²) >= 11 is 0. The summed E-state index contributed by atoms with van der Waals surface area (Å²) in [5.41, 5.74) is 1.27. The van der Waals surface area contributed by atoms with Gasteiger partial charge in [0.25, 0.3) is 0 Å². The van der Waals surface area contributed by atoms with Gasteiger partial charge in [-0.2, -0.15) is 5.26 Å². The summed E-state index contributed by atoms with van der Waals surface area (Å²) in [6.45, 7) is 7.70. The van der Waals surface area contributed by atoms with Crippen LogP contribution in [0.4, 0.5) is 0 Å². The van der Waals surface area contributed by atoms with Crippen LogP contribution >= 0.6 is 0 Å². The van der Waals surface area contributed by atoms with Gasteiger partial charge in [0, 0.05) is 12.6 Å². The fraction of sp³-hybridized carbons (Fsp3) is 0.357. The van der Waals surface area contributed by atoms with Crippen LogP contribution < -0.4 is 0 Å². The second kappa shape index (κ2) is 6.81. The normalized spacial score (nSPS) is 12.1. The number of rotatable bonds is 6. The van der Waals surface area contributed by atoms with Crippen LogP contribution in [-0.2, 0) is 6.54 Å². The number of hydrogen-bond donors (Lipinski definition) is 0. The highest BCUT2D eigenvalue weighted by Crippen LogP contribution is 2.11. The molecule has 1 unspecified atom stereocenters. The van der Waals surface area contributed by atoms with Crippen LogP contribution in [0.25, 0.3) is 0 Å². The topological polar surface area (TPSA) is 27.0 Å². The molecule has 84 valence electrons. The van der Waals surface area contributed by atoms with Gasteiger partial charge < -0.3 is 0 Å². The van der Waals surface area contributed by atoms with Gasteiger partial charge in [0.15, 0.2) is 0 Å². The Hall–Kier alpha value is -1.59. The third-order valence-electron chi connectivity index (χ3n) is 2.68. The predicted molar refractivity (Wildman–Crippen MR) is 66.7 cm³/mol. The smallest absolute Gasteiger partial charge is 0.0641 e. The van der Waals surface area contributed by atoms with Crippen LogP contribution in [0, 0.1) is 11.3 Å². The van der Waals surface area contributed by atoms with E-state index >= 15 is 0 Å². The number of nitriles is 1. The number of likely N-dealkylation sites (N-methyl/N-ethyl adjacent to an activating group) is 1. The molecule has 0 heterocycles. The first-order chi connectivity index (χ1) is 7.81. The fourth-order valence-electron chi connectivity index (χ4n) is 1.74. The summed E-state index contributed by atoms with van der Waals surface area (Å²) in [7, 11) is 0. The second-order valence-corrected chi connectivity index (χ2v) is 3.71. The molecule has 16 heavy (non-hydrogen) atoms. The third kappa shape index (κ3) is 3.52. The van der Waals surface area contributed by atoms with Crippen molar-refractivity contribution in [3.05, 3.63) is 48.6 Å². The molecule has 1 rings (SSSR count). The molecule has 2 heteroatoms. The van der Waals surface area contributed by atoms with E-state index in [1.165, 1.54) is 5.56 Å². The quantitative estimate of drug-likeness (QED) is 0.681. The highest BCUT2D eigenvalue weighted by atomic mass is 15.1. The van der Waals surface area contributed by atoms with Gasteiger partial charge >= 0.3 is 0 Å². The highest BCUT2D eigenvalue weighted by molar-refractivity contribution is 5.15. The lowest BCUT2D eigenvalue weighted by molar-refractivity contribution is 0.234. The molecular formula is C14H18N2. The molecule has 0 aliphatic rings. The molecule has 0 amide bonds. The lowest BCUT2D eigenvalue weighted by atomic mass is 10.1. The first-order valence-electron chi connectivity index (χ1n) is 5.59. The third-order valence-corrected chi connectivity index (χ3v) is 2.68.